The molecule has 0 bridgehead atoms. The van der Waals surface area contributed by atoms with Gasteiger partial charge in [0, 0.05) is 23.2 Å². The Hall–Kier alpha value is -3.13. The Morgan fingerprint density at radius 1 is 0.788 bits per heavy atom. The Labute approximate surface area is 203 Å². The quantitative estimate of drug-likeness (QED) is 0.435. The molecule has 5 heteroatoms. The van der Waals surface area contributed by atoms with E-state index in [1.54, 1.807) is 21.3 Å². The first-order valence-corrected chi connectivity index (χ1v) is 10.8. The third-order valence-electron chi connectivity index (χ3n) is 5.27. The van der Waals surface area contributed by atoms with Crippen molar-refractivity contribution in [2.75, 3.05) is 27.9 Å². The zero-order chi connectivity index (χ0) is 22.8. The summed E-state index contributed by atoms with van der Waals surface area (Å²) in [6.07, 6.45) is 1.74. The van der Waals surface area contributed by atoms with Crippen molar-refractivity contribution in [3.05, 3.63) is 89.0 Å². The lowest BCUT2D eigenvalue weighted by molar-refractivity contribution is 0.393. The molecule has 0 saturated heterocycles. The third-order valence-corrected chi connectivity index (χ3v) is 5.27. The maximum Gasteiger partial charge on any atom is 0.122 e. The Morgan fingerprint density at radius 2 is 1.45 bits per heavy atom. The van der Waals surface area contributed by atoms with E-state index in [0.29, 0.717) is 0 Å². The molecule has 3 rings (SSSR count). The van der Waals surface area contributed by atoms with Crippen LogP contribution in [0.25, 0.3) is 0 Å². The highest BCUT2D eigenvalue weighted by atomic mass is 35.5. The van der Waals surface area contributed by atoms with E-state index in [-0.39, 0.29) is 18.4 Å². The lowest BCUT2D eigenvalue weighted by atomic mass is 10.00. The van der Waals surface area contributed by atoms with Crippen molar-refractivity contribution in [1.29, 1.82) is 0 Å². The van der Waals surface area contributed by atoms with Crippen molar-refractivity contribution in [1.82, 2.24) is 5.32 Å². The van der Waals surface area contributed by atoms with Crippen LogP contribution in [-0.4, -0.2) is 33.9 Å². The summed E-state index contributed by atoms with van der Waals surface area (Å²) in [5, 5.41) is 3.62. The SMILES string of the molecule is COc1cc(CCNC(C)Cc2cc(OC)ccc2C#Cc2ccccc2)cc(OC)c1.Cl. The standard InChI is InChI=1S/C28H31NO3.ClH/c1-21(29-15-14-23-17-27(31-3)20-28(18-23)32-4)16-25-19-26(30-2)13-12-24(25)11-10-22-8-6-5-7-9-22;/h5-9,12-13,17-21,29H,14-16H2,1-4H3;1H. The smallest absolute Gasteiger partial charge is 0.122 e. The number of hydrogen-bond acceptors (Lipinski definition) is 4. The van der Waals surface area contributed by atoms with Crippen LogP contribution in [0.3, 0.4) is 0 Å². The van der Waals surface area contributed by atoms with Crippen LogP contribution >= 0.6 is 12.4 Å². The molecule has 0 aliphatic rings. The summed E-state index contributed by atoms with van der Waals surface area (Å²) in [6.45, 7) is 3.05. The predicted molar refractivity (Wildman–Crippen MR) is 137 cm³/mol. The molecular formula is C28H32ClNO3. The van der Waals surface area contributed by atoms with Gasteiger partial charge in [-0.2, -0.15) is 0 Å². The second-order valence-electron chi connectivity index (χ2n) is 7.67. The second kappa shape index (κ2) is 13.4. The molecule has 33 heavy (non-hydrogen) atoms. The van der Waals surface area contributed by atoms with Crippen molar-refractivity contribution in [2.45, 2.75) is 25.8 Å². The zero-order valence-corrected chi connectivity index (χ0v) is 20.5. The minimum absolute atomic E-state index is 0. The number of nitrogens with one attached hydrogen (secondary N) is 1. The van der Waals surface area contributed by atoms with E-state index < -0.39 is 0 Å². The largest absolute Gasteiger partial charge is 0.497 e. The van der Waals surface area contributed by atoms with Gasteiger partial charge in [-0.3, -0.25) is 0 Å². The molecule has 3 aromatic carbocycles. The molecule has 1 atom stereocenters. The van der Waals surface area contributed by atoms with E-state index in [4.69, 9.17) is 14.2 Å². The fourth-order valence-corrected chi connectivity index (χ4v) is 3.52. The van der Waals surface area contributed by atoms with Gasteiger partial charge in [0.15, 0.2) is 0 Å². The van der Waals surface area contributed by atoms with Gasteiger partial charge in [-0.1, -0.05) is 30.0 Å². The van der Waals surface area contributed by atoms with Gasteiger partial charge in [0.1, 0.15) is 17.2 Å². The normalized spacial score (nSPS) is 10.9. The molecule has 0 aliphatic carbocycles. The van der Waals surface area contributed by atoms with Gasteiger partial charge in [0.05, 0.1) is 21.3 Å². The molecule has 0 aromatic heterocycles. The molecule has 0 amide bonds. The van der Waals surface area contributed by atoms with Crippen molar-refractivity contribution in [3.63, 3.8) is 0 Å². The predicted octanol–water partition coefficient (Wildman–Crippen LogP) is 5.30. The van der Waals surface area contributed by atoms with Gasteiger partial charge in [0.25, 0.3) is 0 Å². The van der Waals surface area contributed by atoms with Crippen LogP contribution in [0.1, 0.15) is 29.2 Å². The van der Waals surface area contributed by atoms with Crippen LogP contribution in [-0.2, 0) is 12.8 Å². The van der Waals surface area contributed by atoms with Gasteiger partial charge in [-0.25, -0.2) is 0 Å². The van der Waals surface area contributed by atoms with Crippen molar-refractivity contribution >= 4 is 12.4 Å². The minimum Gasteiger partial charge on any atom is -0.497 e. The Morgan fingerprint density at radius 3 is 2.09 bits per heavy atom. The van der Waals surface area contributed by atoms with Crippen LogP contribution < -0.4 is 19.5 Å². The van der Waals surface area contributed by atoms with Gasteiger partial charge in [-0.15, -0.1) is 12.4 Å². The molecule has 0 fully saturated rings. The molecule has 0 aliphatic heterocycles. The van der Waals surface area contributed by atoms with E-state index in [1.165, 1.54) is 11.1 Å². The Kier molecular flexibility index (Phi) is 10.6. The highest BCUT2D eigenvalue weighted by Gasteiger charge is 2.09. The lowest BCUT2D eigenvalue weighted by Crippen LogP contribution is -2.30. The first-order chi connectivity index (χ1) is 15.6. The summed E-state index contributed by atoms with van der Waals surface area (Å²) >= 11 is 0. The van der Waals surface area contributed by atoms with E-state index in [2.05, 4.69) is 30.1 Å². The highest BCUT2D eigenvalue weighted by molar-refractivity contribution is 5.85. The minimum atomic E-state index is 0. The van der Waals surface area contributed by atoms with Crippen molar-refractivity contribution in [3.8, 4) is 29.1 Å². The molecule has 174 valence electrons. The summed E-state index contributed by atoms with van der Waals surface area (Å²) in [7, 11) is 5.04. The molecular weight excluding hydrogens is 434 g/mol. The van der Waals surface area contributed by atoms with Crippen LogP contribution in [0.4, 0.5) is 0 Å². The summed E-state index contributed by atoms with van der Waals surface area (Å²) in [4.78, 5) is 0. The van der Waals surface area contributed by atoms with Gasteiger partial charge in [0.2, 0.25) is 0 Å². The summed E-state index contributed by atoms with van der Waals surface area (Å²) in [5.74, 6) is 9.06. The molecule has 0 radical (unpaired) electrons. The molecule has 4 nitrogen and oxygen atoms in total. The first kappa shape index (κ1) is 26.1. The maximum absolute atomic E-state index is 5.44. The number of rotatable bonds is 9. The van der Waals surface area contributed by atoms with Gasteiger partial charge >= 0.3 is 0 Å². The molecule has 0 spiro atoms. The topological polar surface area (TPSA) is 39.7 Å². The van der Waals surface area contributed by atoms with E-state index >= 15 is 0 Å². The van der Waals surface area contributed by atoms with Crippen LogP contribution in [0.2, 0.25) is 0 Å². The lowest BCUT2D eigenvalue weighted by Gasteiger charge is -2.16. The number of hydrogen-bond donors (Lipinski definition) is 1. The first-order valence-electron chi connectivity index (χ1n) is 10.8. The summed E-state index contributed by atoms with van der Waals surface area (Å²) < 4.78 is 16.2. The van der Waals surface area contributed by atoms with Crippen molar-refractivity contribution < 1.29 is 14.2 Å². The van der Waals surface area contributed by atoms with Crippen LogP contribution in [0.5, 0.6) is 17.2 Å². The average molecular weight is 466 g/mol. The molecule has 3 aromatic rings. The second-order valence-corrected chi connectivity index (χ2v) is 7.67. The highest BCUT2D eigenvalue weighted by Crippen LogP contribution is 2.23. The number of ether oxygens (including phenoxy) is 3. The van der Waals surface area contributed by atoms with E-state index in [9.17, 15) is 0 Å². The Balaban J connectivity index is 0.00000385. The van der Waals surface area contributed by atoms with E-state index in [0.717, 1.165) is 47.8 Å². The number of methoxy groups -OCH3 is 3. The third kappa shape index (κ3) is 8.05. The molecule has 1 unspecified atom stereocenters. The molecule has 0 heterocycles. The van der Waals surface area contributed by atoms with Crippen molar-refractivity contribution in [2.24, 2.45) is 0 Å². The van der Waals surface area contributed by atoms with Gasteiger partial charge < -0.3 is 19.5 Å². The van der Waals surface area contributed by atoms with Crippen LogP contribution in [0, 0.1) is 11.8 Å². The zero-order valence-electron chi connectivity index (χ0n) is 19.7. The fourth-order valence-electron chi connectivity index (χ4n) is 3.52. The number of benzene rings is 3. The Bertz CT molecular complexity index is 1050. The summed E-state index contributed by atoms with van der Waals surface area (Å²) in [5.41, 5.74) is 4.39. The summed E-state index contributed by atoms with van der Waals surface area (Å²) in [6, 6.07) is 22.4. The van der Waals surface area contributed by atoms with Crippen LogP contribution in [0.15, 0.2) is 66.7 Å². The fraction of sp³-hybridized carbons (Fsp3) is 0.286. The van der Waals surface area contributed by atoms with Gasteiger partial charge in [-0.05, 0) is 79.9 Å². The molecule has 1 N–H and O–H groups in total. The average Bonchev–Trinajstić information content (AvgIpc) is 2.83. The monoisotopic (exact) mass is 465 g/mol. The number of halogens is 1. The maximum atomic E-state index is 5.44. The van der Waals surface area contributed by atoms with E-state index in [1.807, 2.05) is 60.7 Å². The molecule has 0 saturated carbocycles.